The summed E-state index contributed by atoms with van der Waals surface area (Å²) in [5.74, 6) is 0.314. The monoisotopic (exact) mass is 291 g/mol. The normalized spacial score (nSPS) is 10.4. The second-order valence-corrected chi connectivity index (χ2v) is 4.42. The number of benzene rings is 1. The molecule has 21 heavy (non-hydrogen) atoms. The summed E-state index contributed by atoms with van der Waals surface area (Å²) in [6.07, 6.45) is 3.40. The average molecular weight is 291 g/mol. The molecule has 1 rings (SSSR count). The minimum atomic E-state index is -0.329. The van der Waals surface area contributed by atoms with E-state index in [1.807, 2.05) is 31.2 Å². The van der Waals surface area contributed by atoms with Crippen LogP contribution in [0.2, 0.25) is 0 Å². The summed E-state index contributed by atoms with van der Waals surface area (Å²) in [5.41, 5.74) is 0.910. The molecule has 0 aromatic heterocycles. The molecule has 1 aromatic rings. The SMILES string of the molecule is CCOc1ccc(/C=C/C(=O)N(C)CCC(=O)OC)cc1. The van der Waals surface area contributed by atoms with Gasteiger partial charge in [-0.25, -0.2) is 0 Å². The van der Waals surface area contributed by atoms with Crippen molar-refractivity contribution in [2.45, 2.75) is 13.3 Å². The van der Waals surface area contributed by atoms with Gasteiger partial charge < -0.3 is 14.4 Å². The first-order valence-corrected chi connectivity index (χ1v) is 6.79. The Morgan fingerprint density at radius 2 is 1.90 bits per heavy atom. The molecule has 1 aromatic carbocycles. The molecule has 0 bridgehead atoms. The molecule has 0 aliphatic carbocycles. The minimum Gasteiger partial charge on any atom is -0.494 e. The molecule has 0 atom stereocenters. The lowest BCUT2D eigenvalue weighted by atomic mass is 10.2. The summed E-state index contributed by atoms with van der Waals surface area (Å²) in [4.78, 5) is 24.3. The van der Waals surface area contributed by atoms with Gasteiger partial charge in [0.05, 0.1) is 20.1 Å². The van der Waals surface area contributed by atoms with Gasteiger partial charge in [0, 0.05) is 19.7 Å². The lowest BCUT2D eigenvalue weighted by Crippen LogP contribution is -2.27. The van der Waals surface area contributed by atoms with E-state index in [2.05, 4.69) is 4.74 Å². The van der Waals surface area contributed by atoms with E-state index in [0.717, 1.165) is 11.3 Å². The quantitative estimate of drug-likeness (QED) is 0.570. The Labute approximate surface area is 125 Å². The number of carbonyl (C=O) groups excluding carboxylic acids is 2. The van der Waals surface area contributed by atoms with Crippen LogP contribution in [0.5, 0.6) is 5.75 Å². The summed E-state index contributed by atoms with van der Waals surface area (Å²) in [6, 6.07) is 7.47. The van der Waals surface area contributed by atoms with Crippen molar-refractivity contribution in [2.75, 3.05) is 27.3 Å². The second-order valence-electron chi connectivity index (χ2n) is 4.42. The Morgan fingerprint density at radius 3 is 2.48 bits per heavy atom. The van der Waals surface area contributed by atoms with Gasteiger partial charge in [-0.1, -0.05) is 12.1 Å². The topological polar surface area (TPSA) is 55.8 Å². The maximum Gasteiger partial charge on any atom is 0.307 e. The Morgan fingerprint density at radius 1 is 1.24 bits per heavy atom. The van der Waals surface area contributed by atoms with Crippen LogP contribution in [0.25, 0.3) is 6.08 Å². The number of likely N-dealkylation sites (N-methyl/N-ethyl adjacent to an activating group) is 1. The predicted octanol–water partition coefficient (Wildman–Crippen LogP) is 2.12. The van der Waals surface area contributed by atoms with Crippen LogP contribution in [0.15, 0.2) is 30.3 Å². The van der Waals surface area contributed by atoms with Crippen LogP contribution in [-0.2, 0) is 14.3 Å². The summed E-state index contributed by atoms with van der Waals surface area (Å²) in [6.45, 7) is 2.88. The standard InChI is InChI=1S/C16H21NO4/c1-4-21-14-8-5-13(6-9-14)7-10-15(18)17(2)12-11-16(19)20-3/h5-10H,4,11-12H2,1-3H3/b10-7+. The molecule has 114 valence electrons. The highest BCUT2D eigenvalue weighted by atomic mass is 16.5. The van der Waals surface area contributed by atoms with Crippen LogP contribution in [0, 0.1) is 0 Å². The van der Waals surface area contributed by atoms with Crippen molar-refractivity contribution in [1.82, 2.24) is 4.90 Å². The molecule has 5 nitrogen and oxygen atoms in total. The van der Waals surface area contributed by atoms with E-state index in [1.165, 1.54) is 18.1 Å². The Bertz CT molecular complexity index is 494. The molecule has 0 unspecified atom stereocenters. The highest BCUT2D eigenvalue weighted by Crippen LogP contribution is 2.13. The number of esters is 1. The van der Waals surface area contributed by atoms with Gasteiger partial charge in [-0.05, 0) is 30.7 Å². The van der Waals surface area contributed by atoms with Gasteiger partial charge in [0.1, 0.15) is 5.75 Å². The third-order valence-electron chi connectivity index (χ3n) is 2.86. The van der Waals surface area contributed by atoms with E-state index >= 15 is 0 Å². The van der Waals surface area contributed by atoms with Crippen molar-refractivity contribution in [3.63, 3.8) is 0 Å². The molecule has 0 saturated carbocycles. The van der Waals surface area contributed by atoms with Crippen LogP contribution in [0.1, 0.15) is 18.9 Å². The van der Waals surface area contributed by atoms with Crippen LogP contribution in [0.4, 0.5) is 0 Å². The van der Waals surface area contributed by atoms with Crippen molar-refractivity contribution < 1.29 is 19.1 Å². The van der Waals surface area contributed by atoms with Crippen molar-refractivity contribution in [3.8, 4) is 5.75 Å². The average Bonchev–Trinajstić information content (AvgIpc) is 2.51. The first-order valence-electron chi connectivity index (χ1n) is 6.79. The number of amides is 1. The number of rotatable bonds is 7. The molecule has 1 amide bonds. The van der Waals surface area contributed by atoms with E-state index in [-0.39, 0.29) is 18.3 Å². The molecule has 0 fully saturated rings. The molecular weight excluding hydrogens is 270 g/mol. The van der Waals surface area contributed by atoms with E-state index in [0.29, 0.717) is 13.2 Å². The summed E-state index contributed by atoms with van der Waals surface area (Å²) >= 11 is 0. The zero-order valence-corrected chi connectivity index (χ0v) is 12.7. The summed E-state index contributed by atoms with van der Waals surface area (Å²) < 4.78 is 9.88. The Balaban J connectivity index is 2.50. The Hall–Kier alpha value is -2.30. The largest absolute Gasteiger partial charge is 0.494 e. The second kappa shape index (κ2) is 8.79. The number of carbonyl (C=O) groups is 2. The fourth-order valence-corrected chi connectivity index (χ4v) is 1.61. The molecule has 0 radical (unpaired) electrons. The zero-order valence-electron chi connectivity index (χ0n) is 12.7. The van der Waals surface area contributed by atoms with Crippen molar-refractivity contribution >= 4 is 18.0 Å². The first-order chi connectivity index (χ1) is 10.1. The van der Waals surface area contributed by atoms with Crippen LogP contribution >= 0.6 is 0 Å². The van der Waals surface area contributed by atoms with Gasteiger partial charge in [0.25, 0.3) is 0 Å². The minimum absolute atomic E-state index is 0.159. The fraction of sp³-hybridized carbons (Fsp3) is 0.375. The van der Waals surface area contributed by atoms with E-state index in [9.17, 15) is 9.59 Å². The van der Waals surface area contributed by atoms with Crippen molar-refractivity contribution in [1.29, 1.82) is 0 Å². The molecule has 0 aliphatic heterocycles. The number of ether oxygens (including phenoxy) is 2. The number of methoxy groups -OCH3 is 1. The van der Waals surface area contributed by atoms with Gasteiger partial charge >= 0.3 is 5.97 Å². The summed E-state index contributed by atoms with van der Waals surface area (Å²) in [5, 5.41) is 0. The smallest absolute Gasteiger partial charge is 0.307 e. The number of nitrogens with zero attached hydrogens (tertiary/aromatic N) is 1. The maximum absolute atomic E-state index is 11.8. The van der Waals surface area contributed by atoms with E-state index in [4.69, 9.17) is 4.74 Å². The molecule has 0 saturated heterocycles. The lowest BCUT2D eigenvalue weighted by Gasteiger charge is -2.13. The van der Waals surface area contributed by atoms with Gasteiger partial charge in [-0.2, -0.15) is 0 Å². The third-order valence-corrected chi connectivity index (χ3v) is 2.86. The van der Waals surface area contributed by atoms with Crippen LogP contribution in [-0.4, -0.2) is 44.1 Å². The van der Waals surface area contributed by atoms with Gasteiger partial charge in [-0.3, -0.25) is 9.59 Å². The van der Waals surface area contributed by atoms with Crippen LogP contribution < -0.4 is 4.74 Å². The highest BCUT2D eigenvalue weighted by molar-refractivity contribution is 5.91. The van der Waals surface area contributed by atoms with E-state index in [1.54, 1.807) is 13.1 Å². The van der Waals surface area contributed by atoms with Crippen molar-refractivity contribution in [3.05, 3.63) is 35.9 Å². The third kappa shape index (κ3) is 6.12. The summed E-state index contributed by atoms with van der Waals surface area (Å²) in [7, 11) is 2.98. The molecular formula is C16H21NO4. The van der Waals surface area contributed by atoms with Crippen molar-refractivity contribution in [2.24, 2.45) is 0 Å². The Kier molecular flexibility index (Phi) is 7.01. The van der Waals surface area contributed by atoms with E-state index < -0.39 is 0 Å². The highest BCUT2D eigenvalue weighted by Gasteiger charge is 2.07. The lowest BCUT2D eigenvalue weighted by molar-refractivity contribution is -0.141. The molecule has 5 heteroatoms. The molecule has 0 spiro atoms. The van der Waals surface area contributed by atoms with Crippen LogP contribution in [0.3, 0.4) is 0 Å². The molecule has 0 N–H and O–H groups in total. The van der Waals surface area contributed by atoms with Gasteiger partial charge in [-0.15, -0.1) is 0 Å². The van der Waals surface area contributed by atoms with Gasteiger partial charge in [0.2, 0.25) is 5.91 Å². The maximum atomic E-state index is 11.8. The number of hydrogen-bond acceptors (Lipinski definition) is 4. The number of hydrogen-bond donors (Lipinski definition) is 0. The van der Waals surface area contributed by atoms with Gasteiger partial charge in [0.15, 0.2) is 0 Å². The predicted molar refractivity (Wildman–Crippen MR) is 80.9 cm³/mol. The first kappa shape index (κ1) is 16.8. The zero-order chi connectivity index (χ0) is 15.7. The fourth-order valence-electron chi connectivity index (χ4n) is 1.61. The molecule has 0 aliphatic rings. The molecule has 0 heterocycles.